The third-order valence-corrected chi connectivity index (χ3v) is 4.67. The van der Waals surface area contributed by atoms with Crippen LogP contribution in [0.25, 0.3) is 0 Å². The molecule has 0 aliphatic rings. The van der Waals surface area contributed by atoms with Crippen LogP contribution in [0.2, 0.25) is 0 Å². The van der Waals surface area contributed by atoms with Gasteiger partial charge in [-0.05, 0) is 42.5 Å². The fraction of sp³-hybridized carbons (Fsp3) is 0.417. The van der Waals surface area contributed by atoms with Crippen molar-refractivity contribution in [1.29, 1.82) is 0 Å². The predicted molar refractivity (Wildman–Crippen MR) is 114 cm³/mol. The zero-order chi connectivity index (χ0) is 23.2. The van der Waals surface area contributed by atoms with Gasteiger partial charge in [-0.3, -0.25) is 4.79 Å². The van der Waals surface area contributed by atoms with Crippen LogP contribution >= 0.6 is 0 Å². The van der Waals surface area contributed by atoms with Crippen molar-refractivity contribution in [1.82, 2.24) is 5.32 Å². The second kappa shape index (κ2) is 13.5. The number of aryl methyl sites for hydroxylation is 1. The van der Waals surface area contributed by atoms with E-state index in [-0.39, 0.29) is 13.0 Å². The molecule has 0 aliphatic carbocycles. The summed E-state index contributed by atoms with van der Waals surface area (Å²) in [4.78, 5) is 21.8. The van der Waals surface area contributed by atoms with Crippen molar-refractivity contribution in [2.45, 2.75) is 51.2 Å². The Labute approximate surface area is 185 Å². The summed E-state index contributed by atoms with van der Waals surface area (Å²) in [7, 11) is 0. The van der Waals surface area contributed by atoms with Crippen LogP contribution < -0.4 is 10.1 Å². The van der Waals surface area contributed by atoms with E-state index in [1.807, 2.05) is 30.3 Å². The summed E-state index contributed by atoms with van der Waals surface area (Å²) < 4.78 is 45.5. The Kier molecular flexibility index (Phi) is 10.7. The Bertz CT molecular complexity index is 823. The summed E-state index contributed by atoms with van der Waals surface area (Å²) in [5, 5.41) is 2.91. The molecule has 0 saturated heterocycles. The first kappa shape index (κ1) is 25.4. The lowest BCUT2D eigenvalue weighted by Crippen LogP contribution is -2.29. The number of benzene rings is 2. The first-order valence-electron chi connectivity index (χ1n) is 10.6. The van der Waals surface area contributed by atoms with Crippen molar-refractivity contribution in [3.63, 3.8) is 0 Å². The Morgan fingerprint density at radius 2 is 1.53 bits per heavy atom. The first-order chi connectivity index (χ1) is 15.3. The Hall–Kier alpha value is -2.87. The fourth-order valence-electron chi connectivity index (χ4n) is 2.96. The van der Waals surface area contributed by atoms with E-state index >= 15 is 0 Å². The summed E-state index contributed by atoms with van der Waals surface area (Å²) in [6, 6.07) is 17.9. The quantitative estimate of drug-likeness (QED) is 0.264. The normalized spacial score (nSPS) is 11.2. The second-order valence-electron chi connectivity index (χ2n) is 7.33. The number of esters is 2. The average molecular weight is 451 g/mol. The molecule has 32 heavy (non-hydrogen) atoms. The summed E-state index contributed by atoms with van der Waals surface area (Å²) in [6.07, 6.45) is 0.0351. The van der Waals surface area contributed by atoms with Crippen LogP contribution in [-0.2, 0) is 27.3 Å². The number of hydrogen-bond acceptors (Lipinski definition) is 5. The number of alkyl halides is 3. The third kappa shape index (κ3) is 10.4. The highest BCUT2D eigenvalue weighted by Crippen LogP contribution is 2.17. The van der Waals surface area contributed by atoms with Crippen molar-refractivity contribution in [3.05, 3.63) is 65.7 Å². The lowest BCUT2D eigenvalue weighted by molar-refractivity contribution is -0.201. The van der Waals surface area contributed by atoms with Gasteiger partial charge in [0.2, 0.25) is 0 Å². The molecule has 8 heteroatoms. The van der Waals surface area contributed by atoms with Gasteiger partial charge in [-0.25, -0.2) is 4.79 Å². The van der Waals surface area contributed by atoms with E-state index in [9.17, 15) is 22.8 Å². The smallest absolute Gasteiger partial charge is 0.491 e. The van der Waals surface area contributed by atoms with Gasteiger partial charge in [0.25, 0.3) is 0 Å². The average Bonchev–Trinajstić information content (AvgIpc) is 2.77. The molecule has 2 aromatic carbocycles. The Morgan fingerprint density at radius 1 is 0.844 bits per heavy atom. The topological polar surface area (TPSA) is 64.6 Å². The minimum atomic E-state index is -5.17. The van der Waals surface area contributed by atoms with Gasteiger partial charge in [0.1, 0.15) is 5.75 Å². The number of nitrogens with one attached hydrogen (secondary N) is 1. The van der Waals surface area contributed by atoms with E-state index < -0.39 is 18.1 Å². The molecule has 0 saturated carbocycles. The second-order valence-corrected chi connectivity index (χ2v) is 7.33. The number of rotatable bonds is 13. The van der Waals surface area contributed by atoms with Crippen LogP contribution in [0, 0.1) is 0 Å². The molecular formula is C24H28F3NO4. The summed E-state index contributed by atoms with van der Waals surface area (Å²) in [6.45, 7) is 1.16. The minimum absolute atomic E-state index is 0.0898. The maximum absolute atomic E-state index is 12.0. The molecule has 2 rings (SSSR count). The van der Waals surface area contributed by atoms with Gasteiger partial charge in [0.05, 0.1) is 13.0 Å². The number of hydrogen-bond donors (Lipinski definition) is 1. The summed E-state index contributed by atoms with van der Waals surface area (Å²) in [5.41, 5.74) is 2.30. The number of ether oxygens (including phenoxy) is 2. The van der Waals surface area contributed by atoms with Gasteiger partial charge in [-0.15, -0.1) is 0 Å². The van der Waals surface area contributed by atoms with E-state index in [1.165, 1.54) is 18.4 Å². The third-order valence-electron chi connectivity index (χ3n) is 4.67. The fourth-order valence-corrected chi connectivity index (χ4v) is 2.96. The molecule has 1 N–H and O–H groups in total. The lowest BCUT2D eigenvalue weighted by Gasteiger charge is -2.09. The van der Waals surface area contributed by atoms with E-state index in [2.05, 4.69) is 34.3 Å². The van der Waals surface area contributed by atoms with Crippen LogP contribution in [-0.4, -0.2) is 31.3 Å². The van der Waals surface area contributed by atoms with Crippen molar-refractivity contribution < 1.29 is 32.2 Å². The molecular weight excluding hydrogens is 423 g/mol. The highest BCUT2D eigenvalue weighted by Gasteiger charge is 2.42. The highest BCUT2D eigenvalue weighted by molar-refractivity contribution is 5.88. The molecule has 0 bridgehead atoms. The van der Waals surface area contributed by atoms with Gasteiger partial charge in [-0.2, -0.15) is 13.2 Å². The summed E-state index contributed by atoms with van der Waals surface area (Å²) in [5.74, 6) is -2.94. The molecule has 0 aliphatic heterocycles. The van der Waals surface area contributed by atoms with Gasteiger partial charge in [-0.1, -0.05) is 55.3 Å². The Balaban J connectivity index is 1.51. The van der Waals surface area contributed by atoms with E-state index in [4.69, 9.17) is 4.74 Å². The largest absolute Gasteiger partial charge is 0.494 e. The van der Waals surface area contributed by atoms with E-state index in [0.29, 0.717) is 13.2 Å². The number of carbonyl (C=O) groups excluding carboxylic acids is 2. The van der Waals surface area contributed by atoms with Crippen molar-refractivity contribution in [2.24, 2.45) is 0 Å². The zero-order valence-corrected chi connectivity index (χ0v) is 17.8. The minimum Gasteiger partial charge on any atom is -0.494 e. The van der Waals surface area contributed by atoms with Crippen molar-refractivity contribution >= 4 is 11.9 Å². The molecule has 0 amide bonds. The SMILES string of the molecule is O=C(CCNCc1ccc(OCCCCCCc2ccccc2)cc1)OC(=O)C(F)(F)F. The maximum Gasteiger partial charge on any atom is 0.491 e. The molecule has 174 valence electrons. The molecule has 0 heterocycles. The highest BCUT2D eigenvalue weighted by atomic mass is 19.4. The van der Waals surface area contributed by atoms with Crippen LogP contribution in [0.5, 0.6) is 5.75 Å². The maximum atomic E-state index is 12.0. The molecule has 0 fully saturated rings. The van der Waals surface area contributed by atoms with Crippen molar-refractivity contribution in [3.8, 4) is 5.75 Å². The lowest BCUT2D eigenvalue weighted by atomic mass is 10.1. The standard InChI is InChI=1S/C24H28F3NO4/c25-24(26,27)23(30)32-22(29)15-16-28-18-20-11-13-21(14-12-20)31-17-7-2-1-4-8-19-9-5-3-6-10-19/h3,5-6,9-14,28H,1-2,4,7-8,15-18H2. The van der Waals surface area contributed by atoms with Crippen LogP contribution in [0.4, 0.5) is 13.2 Å². The van der Waals surface area contributed by atoms with Gasteiger partial charge >= 0.3 is 18.1 Å². The molecule has 0 atom stereocenters. The summed E-state index contributed by atoms with van der Waals surface area (Å²) >= 11 is 0. The number of carbonyl (C=O) groups is 2. The predicted octanol–water partition coefficient (Wildman–Crippen LogP) is 4.98. The van der Waals surface area contributed by atoms with Gasteiger partial charge in [0, 0.05) is 13.1 Å². The van der Waals surface area contributed by atoms with E-state index in [1.54, 1.807) is 0 Å². The molecule has 0 spiro atoms. The zero-order valence-electron chi connectivity index (χ0n) is 17.8. The monoisotopic (exact) mass is 451 g/mol. The van der Waals surface area contributed by atoms with E-state index in [0.717, 1.165) is 30.6 Å². The van der Waals surface area contributed by atoms with Crippen LogP contribution in [0.1, 0.15) is 43.2 Å². The molecule has 0 aromatic heterocycles. The van der Waals surface area contributed by atoms with Crippen LogP contribution in [0.3, 0.4) is 0 Å². The first-order valence-corrected chi connectivity index (χ1v) is 10.6. The molecule has 0 unspecified atom stereocenters. The van der Waals surface area contributed by atoms with Gasteiger partial charge < -0.3 is 14.8 Å². The number of halogens is 3. The number of unbranched alkanes of at least 4 members (excludes halogenated alkanes) is 3. The Morgan fingerprint density at radius 3 is 2.22 bits per heavy atom. The molecule has 0 radical (unpaired) electrons. The molecule has 5 nitrogen and oxygen atoms in total. The molecule has 2 aromatic rings. The van der Waals surface area contributed by atoms with Gasteiger partial charge in [0.15, 0.2) is 0 Å². The van der Waals surface area contributed by atoms with Crippen molar-refractivity contribution in [2.75, 3.05) is 13.2 Å². The van der Waals surface area contributed by atoms with Crippen LogP contribution in [0.15, 0.2) is 54.6 Å².